The third-order valence-electron chi connectivity index (χ3n) is 3.69. The fourth-order valence-corrected chi connectivity index (χ4v) is 2.28. The van der Waals surface area contributed by atoms with Crippen LogP contribution in [0.15, 0.2) is 67.1 Å². The van der Waals surface area contributed by atoms with Crippen LogP contribution in [0.5, 0.6) is 5.75 Å². The van der Waals surface area contributed by atoms with Gasteiger partial charge in [0.15, 0.2) is 5.78 Å². The van der Waals surface area contributed by atoms with Gasteiger partial charge in [0.1, 0.15) is 12.4 Å². The number of hydrogen-bond donors (Lipinski definition) is 0. The molecule has 1 unspecified atom stereocenters. The van der Waals surface area contributed by atoms with E-state index < -0.39 is 6.09 Å². The number of nitrogens with zero attached hydrogens (tertiary/aromatic N) is 2. The summed E-state index contributed by atoms with van der Waals surface area (Å²) in [6, 6.07) is 13.0. The molecule has 0 aliphatic carbocycles. The van der Waals surface area contributed by atoms with Crippen molar-refractivity contribution < 1.29 is 19.1 Å². The summed E-state index contributed by atoms with van der Waals surface area (Å²) in [5, 5.41) is 0. The van der Waals surface area contributed by atoms with Gasteiger partial charge in [-0.05, 0) is 30.7 Å². The SMILES string of the molecule is CC1CC(=O)C=CN1C(=O)OCc1ccccc1.COc1ccncc1. The first kappa shape index (κ1) is 19.2. The molecule has 26 heavy (non-hydrogen) atoms. The van der Waals surface area contributed by atoms with Crippen LogP contribution in [0, 0.1) is 0 Å². The summed E-state index contributed by atoms with van der Waals surface area (Å²) in [4.78, 5) is 28.2. The lowest BCUT2D eigenvalue weighted by molar-refractivity contribution is -0.116. The molecule has 0 saturated carbocycles. The fraction of sp³-hybridized carbons (Fsp3) is 0.250. The van der Waals surface area contributed by atoms with Gasteiger partial charge in [0.2, 0.25) is 0 Å². The molecule has 2 aromatic rings. The maximum atomic E-state index is 11.8. The van der Waals surface area contributed by atoms with Gasteiger partial charge in [-0.25, -0.2) is 4.79 Å². The van der Waals surface area contributed by atoms with Gasteiger partial charge in [-0.3, -0.25) is 14.7 Å². The maximum absolute atomic E-state index is 11.8. The molecule has 1 aromatic carbocycles. The van der Waals surface area contributed by atoms with Crippen LogP contribution >= 0.6 is 0 Å². The monoisotopic (exact) mass is 354 g/mol. The van der Waals surface area contributed by atoms with E-state index in [1.54, 1.807) is 31.6 Å². The van der Waals surface area contributed by atoms with Crippen LogP contribution in [-0.4, -0.2) is 34.9 Å². The molecule has 6 heteroatoms. The van der Waals surface area contributed by atoms with Crippen molar-refractivity contribution in [3.05, 3.63) is 72.7 Å². The number of hydrogen-bond acceptors (Lipinski definition) is 5. The van der Waals surface area contributed by atoms with Crippen molar-refractivity contribution in [2.45, 2.75) is 26.0 Å². The molecule has 0 spiro atoms. The van der Waals surface area contributed by atoms with Crippen LogP contribution in [0.2, 0.25) is 0 Å². The standard InChI is InChI=1S/C14H15NO3.C6H7NO/c1-11-9-13(16)7-8-15(11)14(17)18-10-12-5-3-2-4-6-12;1-8-6-2-4-7-5-3-6/h2-8,11H,9-10H2,1H3;2-5H,1H3. The fourth-order valence-electron chi connectivity index (χ4n) is 2.28. The van der Waals surface area contributed by atoms with Gasteiger partial charge in [-0.2, -0.15) is 0 Å². The topological polar surface area (TPSA) is 68.7 Å². The van der Waals surface area contributed by atoms with E-state index in [1.165, 1.54) is 17.2 Å². The number of rotatable bonds is 3. The number of pyridine rings is 1. The molecule has 0 radical (unpaired) electrons. The molecular weight excluding hydrogens is 332 g/mol. The summed E-state index contributed by atoms with van der Waals surface area (Å²) >= 11 is 0. The first-order valence-electron chi connectivity index (χ1n) is 8.24. The zero-order valence-corrected chi connectivity index (χ0v) is 14.9. The summed E-state index contributed by atoms with van der Waals surface area (Å²) in [6.45, 7) is 2.07. The van der Waals surface area contributed by atoms with Crippen LogP contribution in [-0.2, 0) is 16.1 Å². The minimum atomic E-state index is -0.421. The Kier molecular flexibility index (Phi) is 7.36. The Morgan fingerprint density at radius 2 is 1.88 bits per heavy atom. The Morgan fingerprint density at radius 1 is 1.19 bits per heavy atom. The Labute approximate surface area is 153 Å². The number of benzene rings is 1. The number of methoxy groups -OCH3 is 1. The quantitative estimate of drug-likeness (QED) is 0.842. The minimum absolute atomic E-state index is 0.0367. The number of carbonyl (C=O) groups excluding carboxylic acids is 2. The maximum Gasteiger partial charge on any atom is 0.414 e. The van der Waals surface area contributed by atoms with Gasteiger partial charge in [0.25, 0.3) is 0 Å². The van der Waals surface area contributed by atoms with Crippen molar-refractivity contribution in [3.8, 4) is 5.75 Å². The van der Waals surface area contributed by atoms with Crippen molar-refractivity contribution in [1.82, 2.24) is 9.88 Å². The zero-order chi connectivity index (χ0) is 18.8. The zero-order valence-electron chi connectivity index (χ0n) is 14.9. The van der Waals surface area contributed by atoms with E-state index in [-0.39, 0.29) is 18.4 Å². The molecule has 1 amide bonds. The summed E-state index contributed by atoms with van der Waals surface area (Å²) in [5.74, 6) is 0.884. The molecule has 1 aliphatic heterocycles. The Morgan fingerprint density at radius 3 is 2.46 bits per heavy atom. The van der Waals surface area contributed by atoms with Crippen molar-refractivity contribution in [3.63, 3.8) is 0 Å². The van der Waals surface area contributed by atoms with Gasteiger partial charge in [-0.15, -0.1) is 0 Å². The number of aromatic nitrogens is 1. The molecule has 136 valence electrons. The number of amides is 1. The lowest BCUT2D eigenvalue weighted by Crippen LogP contribution is -2.38. The molecule has 2 heterocycles. The van der Waals surface area contributed by atoms with Crippen molar-refractivity contribution >= 4 is 11.9 Å². The second-order valence-electron chi connectivity index (χ2n) is 5.67. The van der Waals surface area contributed by atoms with E-state index >= 15 is 0 Å². The highest BCUT2D eigenvalue weighted by molar-refractivity contribution is 5.92. The van der Waals surface area contributed by atoms with Crippen LogP contribution in [0.3, 0.4) is 0 Å². The van der Waals surface area contributed by atoms with E-state index in [4.69, 9.17) is 9.47 Å². The molecule has 6 nitrogen and oxygen atoms in total. The van der Waals surface area contributed by atoms with E-state index in [2.05, 4.69) is 4.98 Å². The summed E-state index contributed by atoms with van der Waals surface area (Å²) in [7, 11) is 1.63. The van der Waals surface area contributed by atoms with Crippen molar-refractivity contribution in [1.29, 1.82) is 0 Å². The van der Waals surface area contributed by atoms with Gasteiger partial charge >= 0.3 is 6.09 Å². The van der Waals surface area contributed by atoms with E-state index in [9.17, 15) is 9.59 Å². The molecule has 1 atom stereocenters. The molecule has 1 aliphatic rings. The first-order valence-corrected chi connectivity index (χ1v) is 8.24. The lowest BCUT2D eigenvalue weighted by Gasteiger charge is -2.27. The molecule has 0 fully saturated rings. The Balaban J connectivity index is 0.000000254. The highest BCUT2D eigenvalue weighted by atomic mass is 16.6. The average Bonchev–Trinajstić information content (AvgIpc) is 2.68. The normalized spacial score (nSPS) is 15.7. The first-order chi connectivity index (χ1) is 12.6. The smallest absolute Gasteiger partial charge is 0.414 e. The Bertz CT molecular complexity index is 732. The molecule has 1 aromatic heterocycles. The van der Waals surface area contributed by atoms with E-state index in [0.29, 0.717) is 6.42 Å². The summed E-state index contributed by atoms with van der Waals surface area (Å²) in [5.41, 5.74) is 0.940. The second-order valence-corrected chi connectivity index (χ2v) is 5.67. The third-order valence-corrected chi connectivity index (χ3v) is 3.69. The van der Waals surface area contributed by atoms with Gasteiger partial charge in [0, 0.05) is 31.1 Å². The third kappa shape index (κ3) is 6.05. The summed E-state index contributed by atoms with van der Waals surface area (Å²) < 4.78 is 10.1. The lowest BCUT2D eigenvalue weighted by atomic mass is 10.1. The predicted octanol–water partition coefficient (Wildman–Crippen LogP) is 3.59. The van der Waals surface area contributed by atoms with E-state index in [1.807, 2.05) is 37.3 Å². The van der Waals surface area contributed by atoms with Gasteiger partial charge in [-0.1, -0.05) is 30.3 Å². The second kappa shape index (κ2) is 9.98. The average molecular weight is 354 g/mol. The Hall–Kier alpha value is -3.15. The largest absolute Gasteiger partial charge is 0.497 e. The molecule has 0 saturated heterocycles. The van der Waals surface area contributed by atoms with Crippen LogP contribution in [0.25, 0.3) is 0 Å². The van der Waals surface area contributed by atoms with E-state index in [0.717, 1.165) is 11.3 Å². The molecular formula is C20H22N2O4. The van der Waals surface area contributed by atoms with Crippen LogP contribution in [0.4, 0.5) is 4.79 Å². The van der Waals surface area contributed by atoms with Crippen molar-refractivity contribution in [2.24, 2.45) is 0 Å². The molecule has 3 rings (SSSR count). The van der Waals surface area contributed by atoms with Crippen molar-refractivity contribution in [2.75, 3.05) is 7.11 Å². The number of ether oxygens (including phenoxy) is 2. The van der Waals surface area contributed by atoms with Gasteiger partial charge in [0.05, 0.1) is 7.11 Å². The van der Waals surface area contributed by atoms with Crippen LogP contribution in [0.1, 0.15) is 18.9 Å². The minimum Gasteiger partial charge on any atom is -0.497 e. The highest BCUT2D eigenvalue weighted by Crippen LogP contribution is 2.14. The molecule has 0 bridgehead atoms. The number of allylic oxidation sites excluding steroid dienone is 1. The summed E-state index contributed by atoms with van der Waals surface area (Å²) in [6.07, 6.45) is 6.21. The highest BCUT2D eigenvalue weighted by Gasteiger charge is 2.24. The molecule has 0 N–H and O–H groups in total. The van der Waals surface area contributed by atoms with Gasteiger partial charge < -0.3 is 9.47 Å². The predicted molar refractivity (Wildman–Crippen MR) is 97.5 cm³/mol. The number of ketones is 1. The number of carbonyl (C=O) groups is 2. The van der Waals surface area contributed by atoms with Crippen LogP contribution < -0.4 is 4.74 Å².